The van der Waals surface area contributed by atoms with Crippen LogP contribution in [0.15, 0.2) is 47.4 Å². The van der Waals surface area contributed by atoms with Gasteiger partial charge in [-0.05, 0) is 69.0 Å². The van der Waals surface area contributed by atoms with Crippen molar-refractivity contribution in [2.24, 2.45) is 5.92 Å². The molecule has 34 heavy (non-hydrogen) atoms. The third-order valence-corrected chi connectivity index (χ3v) is 8.37. The van der Waals surface area contributed by atoms with Crippen molar-refractivity contribution in [2.75, 3.05) is 29.9 Å². The largest absolute Gasteiger partial charge is 0.478 e. The molecule has 0 bridgehead atoms. The van der Waals surface area contributed by atoms with Gasteiger partial charge in [0.1, 0.15) is 5.75 Å². The third kappa shape index (κ3) is 4.67. The monoisotopic (exact) mass is 485 g/mol. The fourth-order valence-electron chi connectivity index (χ4n) is 4.53. The van der Waals surface area contributed by atoms with E-state index in [1.807, 2.05) is 45.0 Å². The van der Waals surface area contributed by atoms with Gasteiger partial charge in [0.2, 0.25) is 15.9 Å². The number of hydrogen-bond acceptors (Lipinski definition) is 5. The van der Waals surface area contributed by atoms with E-state index in [0.717, 1.165) is 11.3 Å². The Labute approximate surface area is 200 Å². The predicted octanol–water partition coefficient (Wildman–Crippen LogP) is 3.56. The number of benzene rings is 2. The number of nitrogens with one attached hydrogen (secondary N) is 1. The number of carbonyl (C=O) groups excluding carboxylic acids is 2. The highest BCUT2D eigenvalue weighted by Gasteiger charge is 2.35. The molecule has 182 valence electrons. The molecule has 0 aromatic heterocycles. The molecule has 2 amide bonds. The summed E-state index contributed by atoms with van der Waals surface area (Å²) in [6.45, 7) is 6.88. The molecule has 1 atom stereocenters. The van der Waals surface area contributed by atoms with Crippen LogP contribution in [-0.2, 0) is 19.6 Å². The quantitative estimate of drug-likeness (QED) is 0.675. The molecule has 0 unspecified atom stereocenters. The first-order valence-corrected chi connectivity index (χ1v) is 13.2. The van der Waals surface area contributed by atoms with Gasteiger partial charge in [0.05, 0.1) is 10.6 Å². The lowest BCUT2D eigenvalue weighted by atomic mass is 9.96. The normalized spacial score (nSPS) is 19.1. The molecular formula is C25H31N3O5S. The second-order valence-electron chi connectivity index (χ2n) is 8.76. The Kier molecular flexibility index (Phi) is 6.95. The Morgan fingerprint density at radius 3 is 2.53 bits per heavy atom. The summed E-state index contributed by atoms with van der Waals surface area (Å²) in [4.78, 5) is 27.2. The number of nitrogens with zero attached hydrogens (tertiary/aromatic N) is 2. The molecule has 8 nitrogen and oxygen atoms in total. The van der Waals surface area contributed by atoms with Crippen molar-refractivity contribution in [1.29, 1.82) is 0 Å². The molecular weight excluding hydrogens is 454 g/mol. The van der Waals surface area contributed by atoms with Gasteiger partial charge in [0, 0.05) is 31.2 Å². The third-order valence-electron chi connectivity index (χ3n) is 6.48. The SMILES string of the molecule is CC[C@H]1Oc2ccc(S(=O)(=O)N3CCC(C(=O)N(CC)c4cccc(C)c4)CC3)cc2NC1=O. The van der Waals surface area contributed by atoms with Crippen molar-refractivity contribution in [3.05, 3.63) is 48.0 Å². The van der Waals surface area contributed by atoms with E-state index in [-0.39, 0.29) is 35.7 Å². The molecule has 0 saturated carbocycles. The Hall–Kier alpha value is -2.91. The van der Waals surface area contributed by atoms with Crippen LogP contribution in [0.4, 0.5) is 11.4 Å². The maximum Gasteiger partial charge on any atom is 0.265 e. The molecule has 2 heterocycles. The van der Waals surface area contributed by atoms with Crippen LogP contribution in [-0.4, -0.2) is 50.3 Å². The molecule has 4 rings (SSSR count). The number of aryl methyl sites for hydroxylation is 1. The van der Waals surface area contributed by atoms with Crippen LogP contribution in [0.3, 0.4) is 0 Å². The minimum Gasteiger partial charge on any atom is -0.478 e. The van der Waals surface area contributed by atoms with Crippen molar-refractivity contribution in [3.8, 4) is 5.75 Å². The highest BCUT2D eigenvalue weighted by molar-refractivity contribution is 7.89. The Morgan fingerprint density at radius 1 is 1.15 bits per heavy atom. The van der Waals surface area contributed by atoms with Crippen LogP contribution in [0.25, 0.3) is 0 Å². The first kappa shape index (κ1) is 24.2. The Bertz CT molecular complexity index is 1190. The van der Waals surface area contributed by atoms with E-state index in [0.29, 0.717) is 37.2 Å². The average molecular weight is 486 g/mol. The number of carbonyl (C=O) groups is 2. The fourth-order valence-corrected chi connectivity index (χ4v) is 6.03. The van der Waals surface area contributed by atoms with Gasteiger partial charge < -0.3 is 15.0 Å². The van der Waals surface area contributed by atoms with Crippen LogP contribution in [0.5, 0.6) is 5.75 Å². The number of sulfonamides is 1. The van der Waals surface area contributed by atoms with Crippen LogP contribution in [0.2, 0.25) is 0 Å². The number of anilines is 2. The van der Waals surface area contributed by atoms with E-state index < -0.39 is 16.1 Å². The molecule has 1 N–H and O–H groups in total. The lowest BCUT2D eigenvalue weighted by Gasteiger charge is -2.33. The second-order valence-corrected chi connectivity index (χ2v) is 10.7. The minimum atomic E-state index is -3.76. The molecule has 1 saturated heterocycles. The summed E-state index contributed by atoms with van der Waals surface area (Å²) in [7, 11) is -3.76. The second kappa shape index (κ2) is 9.76. The van der Waals surface area contributed by atoms with E-state index in [1.165, 1.54) is 16.4 Å². The molecule has 2 aromatic rings. The number of piperidine rings is 1. The van der Waals surface area contributed by atoms with Gasteiger partial charge in [-0.15, -0.1) is 0 Å². The summed E-state index contributed by atoms with van der Waals surface area (Å²) < 4.78 is 33.6. The van der Waals surface area contributed by atoms with Crippen LogP contribution in [0.1, 0.15) is 38.7 Å². The first-order chi connectivity index (χ1) is 16.2. The van der Waals surface area contributed by atoms with Crippen molar-refractivity contribution in [1.82, 2.24) is 4.31 Å². The zero-order valence-electron chi connectivity index (χ0n) is 19.8. The maximum atomic E-state index is 13.3. The maximum absolute atomic E-state index is 13.3. The number of fused-ring (bicyclic) bond motifs is 1. The standard InChI is InChI=1S/C25H31N3O5S/c1-4-22-24(29)26-21-16-20(9-10-23(21)33-22)34(31,32)27-13-11-18(12-14-27)25(30)28(5-2)19-8-6-7-17(3)15-19/h6-10,15-16,18,22H,4-5,11-14H2,1-3H3,(H,26,29)/t22-/m1/s1. The van der Waals surface area contributed by atoms with Gasteiger partial charge in [-0.3, -0.25) is 9.59 Å². The molecule has 0 spiro atoms. The highest BCUT2D eigenvalue weighted by atomic mass is 32.2. The van der Waals surface area contributed by atoms with E-state index >= 15 is 0 Å². The summed E-state index contributed by atoms with van der Waals surface area (Å²) in [5.41, 5.74) is 2.31. The van der Waals surface area contributed by atoms with Crippen molar-refractivity contribution >= 4 is 33.2 Å². The average Bonchev–Trinajstić information content (AvgIpc) is 2.83. The number of hydrogen-bond donors (Lipinski definition) is 1. The lowest BCUT2D eigenvalue weighted by Crippen LogP contribution is -2.44. The van der Waals surface area contributed by atoms with Crippen molar-refractivity contribution in [2.45, 2.75) is 51.0 Å². The molecule has 0 radical (unpaired) electrons. The zero-order chi connectivity index (χ0) is 24.5. The van der Waals surface area contributed by atoms with Crippen LogP contribution < -0.4 is 15.0 Å². The summed E-state index contributed by atoms with van der Waals surface area (Å²) in [6.07, 6.45) is 0.874. The number of amides is 2. The Morgan fingerprint density at radius 2 is 1.88 bits per heavy atom. The van der Waals surface area contributed by atoms with Gasteiger partial charge in [0.15, 0.2) is 6.10 Å². The van der Waals surface area contributed by atoms with Crippen molar-refractivity contribution < 1.29 is 22.7 Å². The molecule has 2 aliphatic rings. The Balaban J connectivity index is 1.45. The van der Waals surface area contributed by atoms with Gasteiger partial charge >= 0.3 is 0 Å². The molecule has 0 aliphatic carbocycles. The topological polar surface area (TPSA) is 96.0 Å². The lowest BCUT2D eigenvalue weighted by molar-refractivity contribution is -0.124. The van der Waals surface area contributed by atoms with E-state index in [1.54, 1.807) is 11.0 Å². The number of ether oxygens (including phenoxy) is 1. The van der Waals surface area contributed by atoms with E-state index in [2.05, 4.69) is 5.32 Å². The van der Waals surface area contributed by atoms with Gasteiger partial charge in [-0.2, -0.15) is 4.31 Å². The predicted molar refractivity (Wildman–Crippen MR) is 130 cm³/mol. The van der Waals surface area contributed by atoms with Crippen LogP contribution in [0, 0.1) is 12.8 Å². The fraction of sp³-hybridized carbons (Fsp3) is 0.440. The summed E-state index contributed by atoms with van der Waals surface area (Å²) in [5, 5.41) is 2.74. The van der Waals surface area contributed by atoms with Crippen LogP contribution >= 0.6 is 0 Å². The molecule has 2 aliphatic heterocycles. The minimum absolute atomic E-state index is 0.0317. The molecule has 9 heteroatoms. The number of rotatable bonds is 6. The molecule has 2 aromatic carbocycles. The van der Waals surface area contributed by atoms with Gasteiger partial charge in [0.25, 0.3) is 5.91 Å². The zero-order valence-corrected chi connectivity index (χ0v) is 20.6. The van der Waals surface area contributed by atoms with E-state index in [4.69, 9.17) is 4.74 Å². The van der Waals surface area contributed by atoms with E-state index in [9.17, 15) is 18.0 Å². The van der Waals surface area contributed by atoms with Gasteiger partial charge in [-0.25, -0.2) is 8.42 Å². The summed E-state index contributed by atoms with van der Waals surface area (Å²) in [6, 6.07) is 12.4. The summed E-state index contributed by atoms with van der Waals surface area (Å²) in [5.74, 6) is -0.0122. The van der Waals surface area contributed by atoms with Gasteiger partial charge in [-0.1, -0.05) is 19.1 Å². The first-order valence-electron chi connectivity index (χ1n) is 11.7. The van der Waals surface area contributed by atoms with Crippen molar-refractivity contribution in [3.63, 3.8) is 0 Å². The highest BCUT2D eigenvalue weighted by Crippen LogP contribution is 2.34. The molecule has 1 fully saturated rings. The summed E-state index contributed by atoms with van der Waals surface area (Å²) >= 11 is 0. The smallest absolute Gasteiger partial charge is 0.265 e.